The van der Waals surface area contributed by atoms with Gasteiger partial charge in [-0.3, -0.25) is 0 Å². The largest absolute Gasteiger partial charge is 0.491 e. The average molecular weight is 272 g/mol. The molecule has 6 heteroatoms. The molecule has 1 aromatic rings. The van der Waals surface area contributed by atoms with E-state index in [1.807, 2.05) is 13.8 Å². The Morgan fingerprint density at radius 1 is 1.33 bits per heavy atom. The maximum Gasteiger partial charge on any atom is 0.242 e. The number of nitrogens with two attached hydrogens (primary N) is 1. The van der Waals surface area contributed by atoms with E-state index in [9.17, 15) is 8.42 Å². The highest BCUT2D eigenvalue weighted by molar-refractivity contribution is 7.89. The zero-order chi connectivity index (χ0) is 13.9. The maximum absolute atomic E-state index is 12.0. The third-order valence-electron chi connectivity index (χ3n) is 2.34. The lowest BCUT2D eigenvalue weighted by atomic mass is 10.2. The average Bonchev–Trinajstić information content (AvgIpc) is 2.27. The molecule has 1 aromatic carbocycles. The summed E-state index contributed by atoms with van der Waals surface area (Å²) in [5, 5.41) is 0. The Morgan fingerprint density at radius 2 is 1.94 bits per heavy atom. The van der Waals surface area contributed by atoms with E-state index in [0.717, 1.165) is 4.31 Å². The third-order valence-corrected chi connectivity index (χ3v) is 4.15. The topological polar surface area (TPSA) is 72.6 Å². The number of ether oxygens (including phenoxy) is 1. The fourth-order valence-corrected chi connectivity index (χ4v) is 2.19. The number of hydrogen-bond acceptors (Lipinski definition) is 4. The molecule has 0 atom stereocenters. The molecule has 18 heavy (non-hydrogen) atoms. The molecule has 0 aliphatic rings. The van der Waals surface area contributed by atoms with E-state index in [2.05, 4.69) is 0 Å². The van der Waals surface area contributed by atoms with Crippen LogP contribution in [0.4, 0.5) is 5.69 Å². The second-order valence-corrected chi connectivity index (χ2v) is 6.84. The van der Waals surface area contributed by atoms with E-state index < -0.39 is 10.0 Å². The molecule has 0 spiro atoms. The highest BCUT2D eigenvalue weighted by atomic mass is 32.2. The second kappa shape index (κ2) is 5.58. The van der Waals surface area contributed by atoms with E-state index in [-0.39, 0.29) is 4.90 Å². The van der Waals surface area contributed by atoms with Gasteiger partial charge in [0, 0.05) is 20.2 Å². The van der Waals surface area contributed by atoms with Crippen LogP contribution in [0, 0.1) is 5.92 Å². The molecule has 5 nitrogen and oxygen atoms in total. The molecule has 0 aromatic heterocycles. The van der Waals surface area contributed by atoms with Crippen LogP contribution in [0.25, 0.3) is 0 Å². The Bertz CT molecular complexity index is 510. The summed E-state index contributed by atoms with van der Waals surface area (Å²) in [5.41, 5.74) is 6.20. The number of benzene rings is 1. The van der Waals surface area contributed by atoms with Crippen LogP contribution in [0.15, 0.2) is 23.1 Å². The first-order valence-corrected chi connectivity index (χ1v) is 7.14. The van der Waals surface area contributed by atoms with Gasteiger partial charge in [0.25, 0.3) is 0 Å². The van der Waals surface area contributed by atoms with Crippen LogP contribution < -0.4 is 10.5 Å². The van der Waals surface area contributed by atoms with E-state index in [0.29, 0.717) is 24.0 Å². The van der Waals surface area contributed by atoms with Crippen molar-refractivity contribution in [3.05, 3.63) is 18.2 Å². The molecule has 1 rings (SSSR count). The molecule has 0 amide bonds. The van der Waals surface area contributed by atoms with Gasteiger partial charge < -0.3 is 10.5 Å². The SMILES string of the molecule is CC(C)COc1cc(S(=O)(=O)N(C)C)ccc1N. The summed E-state index contributed by atoms with van der Waals surface area (Å²) >= 11 is 0. The van der Waals surface area contributed by atoms with Gasteiger partial charge in [-0.2, -0.15) is 0 Å². The summed E-state index contributed by atoms with van der Waals surface area (Å²) in [6, 6.07) is 4.49. The van der Waals surface area contributed by atoms with Crippen molar-refractivity contribution in [3.63, 3.8) is 0 Å². The minimum absolute atomic E-state index is 0.181. The highest BCUT2D eigenvalue weighted by Gasteiger charge is 2.18. The van der Waals surface area contributed by atoms with Gasteiger partial charge in [-0.15, -0.1) is 0 Å². The monoisotopic (exact) mass is 272 g/mol. The summed E-state index contributed by atoms with van der Waals surface area (Å²) < 4.78 is 30.6. The van der Waals surface area contributed by atoms with Crippen molar-refractivity contribution in [3.8, 4) is 5.75 Å². The first-order valence-electron chi connectivity index (χ1n) is 5.70. The van der Waals surface area contributed by atoms with Gasteiger partial charge in [0.15, 0.2) is 0 Å². The van der Waals surface area contributed by atoms with Crippen LogP contribution in [0.2, 0.25) is 0 Å². The number of sulfonamides is 1. The van der Waals surface area contributed by atoms with Gasteiger partial charge in [0.05, 0.1) is 17.2 Å². The van der Waals surface area contributed by atoms with Crippen molar-refractivity contribution in [2.45, 2.75) is 18.7 Å². The number of hydrogen-bond donors (Lipinski definition) is 1. The lowest BCUT2D eigenvalue weighted by Gasteiger charge is -2.15. The molecule has 102 valence electrons. The van der Waals surface area contributed by atoms with Gasteiger partial charge in [0.2, 0.25) is 10.0 Å². The van der Waals surface area contributed by atoms with Crippen molar-refractivity contribution < 1.29 is 13.2 Å². The minimum atomic E-state index is -3.46. The molecule has 0 aliphatic carbocycles. The first-order chi connectivity index (χ1) is 8.25. The molecule has 0 saturated heterocycles. The van der Waals surface area contributed by atoms with E-state index in [4.69, 9.17) is 10.5 Å². The van der Waals surface area contributed by atoms with Gasteiger partial charge in [-0.25, -0.2) is 12.7 Å². The molecular formula is C12H20N2O3S. The number of rotatable bonds is 5. The fourth-order valence-electron chi connectivity index (χ4n) is 1.27. The Labute approximate surface area is 109 Å². The molecule has 0 unspecified atom stereocenters. The third kappa shape index (κ3) is 3.36. The molecule has 0 saturated carbocycles. The van der Waals surface area contributed by atoms with Crippen LogP contribution in [-0.4, -0.2) is 33.4 Å². The fraction of sp³-hybridized carbons (Fsp3) is 0.500. The van der Waals surface area contributed by atoms with Gasteiger partial charge in [-0.05, 0) is 18.1 Å². The van der Waals surface area contributed by atoms with E-state index in [1.54, 1.807) is 6.07 Å². The molecule has 2 N–H and O–H groups in total. The highest BCUT2D eigenvalue weighted by Crippen LogP contribution is 2.26. The number of anilines is 1. The molecule has 0 radical (unpaired) electrons. The standard InChI is InChI=1S/C12H20N2O3S/c1-9(2)8-17-12-7-10(5-6-11(12)13)18(15,16)14(3)4/h5-7,9H,8,13H2,1-4H3. The van der Waals surface area contributed by atoms with Crippen LogP contribution in [0.5, 0.6) is 5.75 Å². The summed E-state index contributed by atoms with van der Waals surface area (Å²) in [5.74, 6) is 0.755. The van der Waals surface area contributed by atoms with Crippen LogP contribution in [0.1, 0.15) is 13.8 Å². The van der Waals surface area contributed by atoms with Crippen molar-refractivity contribution >= 4 is 15.7 Å². The zero-order valence-corrected chi connectivity index (χ0v) is 12.0. The van der Waals surface area contributed by atoms with Crippen LogP contribution in [0.3, 0.4) is 0 Å². The van der Waals surface area contributed by atoms with E-state index in [1.165, 1.54) is 26.2 Å². The van der Waals surface area contributed by atoms with Crippen molar-refractivity contribution in [2.24, 2.45) is 5.92 Å². The number of nitrogens with zero attached hydrogens (tertiary/aromatic N) is 1. The summed E-state index contributed by atoms with van der Waals surface area (Å²) in [4.78, 5) is 0.181. The Kier molecular flexibility index (Phi) is 4.59. The Balaban J connectivity index is 3.08. The maximum atomic E-state index is 12.0. The Hall–Kier alpha value is -1.27. The normalized spacial score (nSPS) is 12.1. The van der Waals surface area contributed by atoms with Crippen molar-refractivity contribution in [2.75, 3.05) is 26.4 Å². The molecular weight excluding hydrogens is 252 g/mol. The Morgan fingerprint density at radius 3 is 2.44 bits per heavy atom. The predicted molar refractivity (Wildman–Crippen MR) is 72.1 cm³/mol. The molecule has 0 heterocycles. The predicted octanol–water partition coefficient (Wildman–Crippen LogP) is 1.55. The van der Waals surface area contributed by atoms with Gasteiger partial charge >= 0.3 is 0 Å². The zero-order valence-electron chi connectivity index (χ0n) is 11.2. The van der Waals surface area contributed by atoms with Gasteiger partial charge in [0.1, 0.15) is 5.75 Å². The lowest BCUT2D eigenvalue weighted by molar-refractivity contribution is 0.272. The summed E-state index contributed by atoms with van der Waals surface area (Å²) in [6.45, 7) is 4.52. The first kappa shape index (κ1) is 14.8. The van der Waals surface area contributed by atoms with Crippen LogP contribution >= 0.6 is 0 Å². The summed E-state index contributed by atoms with van der Waals surface area (Å²) in [6.07, 6.45) is 0. The quantitative estimate of drug-likeness (QED) is 0.825. The van der Waals surface area contributed by atoms with Gasteiger partial charge in [-0.1, -0.05) is 13.8 Å². The lowest BCUT2D eigenvalue weighted by Crippen LogP contribution is -2.22. The molecule has 0 aliphatic heterocycles. The summed E-state index contributed by atoms with van der Waals surface area (Å²) in [7, 11) is -0.484. The number of nitrogen functional groups attached to an aromatic ring is 1. The van der Waals surface area contributed by atoms with Crippen molar-refractivity contribution in [1.29, 1.82) is 0 Å². The minimum Gasteiger partial charge on any atom is -0.491 e. The smallest absolute Gasteiger partial charge is 0.242 e. The molecule has 0 fully saturated rings. The van der Waals surface area contributed by atoms with E-state index >= 15 is 0 Å². The van der Waals surface area contributed by atoms with Crippen LogP contribution in [-0.2, 0) is 10.0 Å². The second-order valence-electron chi connectivity index (χ2n) is 4.69. The van der Waals surface area contributed by atoms with Crippen molar-refractivity contribution in [1.82, 2.24) is 4.31 Å². The molecule has 0 bridgehead atoms.